The van der Waals surface area contributed by atoms with E-state index in [1.807, 2.05) is 12.1 Å². The molecule has 2 aromatic carbocycles. The molecule has 0 aliphatic heterocycles. The maximum atomic E-state index is 13.1. The van der Waals surface area contributed by atoms with Crippen molar-refractivity contribution in [3.63, 3.8) is 0 Å². The molecule has 0 atom stereocenters. The zero-order valence-corrected chi connectivity index (χ0v) is 18.7. The van der Waals surface area contributed by atoms with Gasteiger partial charge in [0.15, 0.2) is 5.13 Å². The number of rotatable bonds is 9. The highest BCUT2D eigenvalue weighted by atomic mass is 32.2. The summed E-state index contributed by atoms with van der Waals surface area (Å²) in [4.78, 5) is 22.8. The Hall–Kier alpha value is -1.96. The molecule has 0 unspecified atom stereocenters. The van der Waals surface area contributed by atoms with E-state index in [2.05, 4.69) is 31.7 Å². The van der Waals surface area contributed by atoms with Crippen LogP contribution in [0.25, 0.3) is 10.2 Å². The van der Waals surface area contributed by atoms with Crippen molar-refractivity contribution in [2.24, 2.45) is 0 Å². The van der Waals surface area contributed by atoms with Gasteiger partial charge in [-0.1, -0.05) is 31.3 Å². The summed E-state index contributed by atoms with van der Waals surface area (Å²) < 4.78 is 14.2. The molecule has 0 N–H and O–H groups in total. The van der Waals surface area contributed by atoms with Gasteiger partial charge in [-0.15, -0.1) is 11.8 Å². The molecule has 3 aromatic rings. The topological polar surface area (TPSA) is 36.4 Å². The average molecular weight is 432 g/mol. The molecule has 0 aliphatic rings. The molecule has 0 saturated heterocycles. The summed E-state index contributed by atoms with van der Waals surface area (Å²) in [5, 5.41) is 0.738. The Bertz CT molecular complexity index is 954. The van der Waals surface area contributed by atoms with Crippen molar-refractivity contribution in [3.05, 3.63) is 53.8 Å². The van der Waals surface area contributed by atoms with Crippen LogP contribution >= 0.6 is 23.1 Å². The lowest BCUT2D eigenvalue weighted by atomic mass is 10.2. The van der Waals surface area contributed by atoms with E-state index in [0.717, 1.165) is 39.9 Å². The Labute approximate surface area is 179 Å². The first-order valence-corrected chi connectivity index (χ1v) is 11.6. The maximum Gasteiger partial charge on any atom is 0.239 e. The first-order valence-electron chi connectivity index (χ1n) is 9.78. The third kappa shape index (κ3) is 5.78. The zero-order valence-electron chi connectivity index (χ0n) is 17.0. The molecule has 4 nitrogen and oxygen atoms in total. The summed E-state index contributed by atoms with van der Waals surface area (Å²) in [6, 6.07) is 12.4. The fourth-order valence-electron chi connectivity index (χ4n) is 3.00. The van der Waals surface area contributed by atoms with Crippen molar-refractivity contribution in [1.29, 1.82) is 0 Å². The molecule has 7 heteroatoms. The molecule has 29 heavy (non-hydrogen) atoms. The molecule has 0 spiro atoms. The van der Waals surface area contributed by atoms with Crippen LogP contribution in [0.2, 0.25) is 0 Å². The Morgan fingerprint density at radius 3 is 2.52 bits per heavy atom. The minimum Gasteiger partial charge on any atom is -0.302 e. The van der Waals surface area contributed by atoms with E-state index in [9.17, 15) is 9.18 Å². The molecule has 0 saturated carbocycles. The number of hydrogen-bond donors (Lipinski definition) is 0. The number of amides is 1. The maximum absolute atomic E-state index is 13.1. The van der Waals surface area contributed by atoms with Crippen molar-refractivity contribution in [1.82, 2.24) is 9.88 Å². The molecule has 1 aromatic heterocycles. The van der Waals surface area contributed by atoms with Gasteiger partial charge in [0.05, 0.1) is 16.0 Å². The predicted molar refractivity (Wildman–Crippen MR) is 122 cm³/mol. The number of benzene rings is 2. The van der Waals surface area contributed by atoms with Crippen LogP contribution in [0.5, 0.6) is 0 Å². The first kappa shape index (κ1) is 21.7. The van der Waals surface area contributed by atoms with E-state index in [1.54, 1.807) is 28.4 Å². The molecule has 0 aliphatic carbocycles. The van der Waals surface area contributed by atoms with Gasteiger partial charge < -0.3 is 4.90 Å². The van der Waals surface area contributed by atoms with Gasteiger partial charge in [-0.3, -0.25) is 9.69 Å². The van der Waals surface area contributed by atoms with Gasteiger partial charge in [0.2, 0.25) is 5.91 Å². The van der Waals surface area contributed by atoms with Gasteiger partial charge in [-0.25, -0.2) is 9.37 Å². The fourth-order valence-corrected chi connectivity index (χ4v) is 4.88. The molecular formula is C22H26FN3OS2. The Kier molecular flexibility index (Phi) is 7.64. The molecule has 1 heterocycles. The molecular weight excluding hydrogens is 405 g/mol. The number of nitrogens with zero attached hydrogens (tertiary/aromatic N) is 3. The third-order valence-electron chi connectivity index (χ3n) is 4.77. The molecule has 1 amide bonds. The summed E-state index contributed by atoms with van der Waals surface area (Å²) in [5.41, 5.74) is 2.10. The summed E-state index contributed by atoms with van der Waals surface area (Å²) in [5.74, 6) is 0.0345. The van der Waals surface area contributed by atoms with Crippen LogP contribution in [0, 0.1) is 12.7 Å². The Morgan fingerprint density at radius 2 is 1.83 bits per heavy atom. The summed E-state index contributed by atoms with van der Waals surface area (Å²) in [6.45, 7) is 9.60. The molecule has 0 bridgehead atoms. The molecule has 154 valence electrons. The van der Waals surface area contributed by atoms with Crippen LogP contribution < -0.4 is 4.90 Å². The monoisotopic (exact) mass is 431 g/mol. The second-order valence-corrected chi connectivity index (χ2v) is 8.84. The lowest BCUT2D eigenvalue weighted by Gasteiger charge is -2.24. The van der Waals surface area contributed by atoms with Crippen molar-refractivity contribution in [2.45, 2.75) is 25.7 Å². The highest BCUT2D eigenvalue weighted by molar-refractivity contribution is 8.00. The van der Waals surface area contributed by atoms with Crippen LogP contribution in [0.15, 0.2) is 47.4 Å². The highest BCUT2D eigenvalue weighted by Crippen LogP contribution is 2.30. The molecule has 0 radical (unpaired) electrons. The number of aromatic nitrogens is 1. The zero-order chi connectivity index (χ0) is 20.8. The van der Waals surface area contributed by atoms with Gasteiger partial charge in [0, 0.05) is 18.0 Å². The van der Waals surface area contributed by atoms with Crippen molar-refractivity contribution >= 4 is 44.4 Å². The number of likely N-dealkylation sites (N-methyl/N-ethyl adjacent to an activating group) is 1. The Balaban J connectivity index is 1.78. The lowest BCUT2D eigenvalue weighted by Crippen LogP contribution is -2.39. The van der Waals surface area contributed by atoms with Crippen molar-refractivity contribution < 1.29 is 9.18 Å². The van der Waals surface area contributed by atoms with Crippen molar-refractivity contribution in [3.8, 4) is 0 Å². The number of thioether (sulfide) groups is 1. The van der Waals surface area contributed by atoms with Gasteiger partial charge in [0.1, 0.15) is 5.82 Å². The second kappa shape index (κ2) is 10.2. The number of carbonyl (C=O) groups excluding carboxylic acids is 1. The van der Waals surface area contributed by atoms with Crippen molar-refractivity contribution in [2.75, 3.05) is 36.8 Å². The van der Waals surface area contributed by atoms with Crippen LogP contribution in [-0.2, 0) is 4.79 Å². The predicted octanol–water partition coefficient (Wildman–Crippen LogP) is 5.21. The third-order valence-corrected chi connectivity index (χ3v) is 6.81. The van der Waals surface area contributed by atoms with Crippen LogP contribution in [0.1, 0.15) is 19.4 Å². The number of thiazole rings is 1. The fraction of sp³-hybridized carbons (Fsp3) is 0.364. The van der Waals surface area contributed by atoms with E-state index in [1.165, 1.54) is 29.5 Å². The van der Waals surface area contributed by atoms with E-state index in [-0.39, 0.29) is 11.7 Å². The number of fused-ring (bicyclic) bond motifs is 1. The SMILES string of the molecule is CCN(CC)CCN(C(=O)CSc1ccc(F)cc1)c1nc2ccc(C)cc2s1. The normalized spacial score (nSPS) is 11.3. The lowest BCUT2D eigenvalue weighted by molar-refractivity contribution is -0.116. The largest absolute Gasteiger partial charge is 0.302 e. The minimum absolute atomic E-state index is 0.0160. The van der Waals surface area contributed by atoms with Gasteiger partial charge in [-0.05, 0) is 62.0 Å². The second-order valence-electron chi connectivity index (χ2n) is 6.78. The van der Waals surface area contributed by atoms with Crippen LogP contribution in [0.4, 0.5) is 9.52 Å². The highest BCUT2D eigenvalue weighted by Gasteiger charge is 2.20. The number of carbonyl (C=O) groups is 1. The summed E-state index contributed by atoms with van der Waals surface area (Å²) in [7, 11) is 0. The van der Waals surface area contributed by atoms with Gasteiger partial charge in [0.25, 0.3) is 0 Å². The summed E-state index contributed by atoms with van der Waals surface area (Å²) >= 11 is 2.98. The Morgan fingerprint density at radius 1 is 1.10 bits per heavy atom. The standard InChI is InChI=1S/C22H26FN3OS2/c1-4-25(5-2)12-13-26(21(27)15-28-18-9-7-17(23)8-10-18)22-24-19-11-6-16(3)14-20(19)29-22/h6-11,14H,4-5,12-13,15H2,1-3H3. The molecule has 3 rings (SSSR count). The van der Waals surface area contributed by atoms with E-state index < -0.39 is 0 Å². The van der Waals surface area contributed by atoms with Crippen LogP contribution in [0.3, 0.4) is 0 Å². The quantitative estimate of drug-likeness (QED) is 0.436. The van der Waals surface area contributed by atoms with E-state index in [0.29, 0.717) is 12.3 Å². The van der Waals surface area contributed by atoms with Gasteiger partial charge in [-0.2, -0.15) is 0 Å². The van der Waals surface area contributed by atoms with E-state index >= 15 is 0 Å². The van der Waals surface area contributed by atoms with Gasteiger partial charge >= 0.3 is 0 Å². The van der Waals surface area contributed by atoms with Crippen LogP contribution in [-0.4, -0.2) is 47.7 Å². The number of aryl methyl sites for hydroxylation is 1. The molecule has 0 fully saturated rings. The minimum atomic E-state index is -0.272. The van der Waals surface area contributed by atoms with E-state index in [4.69, 9.17) is 4.98 Å². The summed E-state index contributed by atoms with van der Waals surface area (Å²) in [6.07, 6.45) is 0. The smallest absolute Gasteiger partial charge is 0.239 e. The first-order chi connectivity index (χ1) is 14.0. The average Bonchev–Trinajstić information content (AvgIpc) is 3.13. The number of anilines is 1. The number of hydrogen-bond acceptors (Lipinski definition) is 5. The number of halogens is 1.